The predicted molar refractivity (Wildman–Crippen MR) is 80.3 cm³/mol. The fraction of sp³-hybridized carbons (Fsp3) is 0.125. The van der Waals surface area contributed by atoms with Crippen LogP contribution in [-0.2, 0) is 6.54 Å². The molecule has 0 saturated heterocycles. The van der Waals surface area contributed by atoms with Gasteiger partial charge in [0.25, 0.3) is 5.91 Å². The summed E-state index contributed by atoms with van der Waals surface area (Å²) in [6, 6.07) is 7.90. The first kappa shape index (κ1) is 16.7. The summed E-state index contributed by atoms with van der Waals surface area (Å²) in [5, 5.41) is 10.1. The van der Waals surface area contributed by atoms with Gasteiger partial charge in [-0.05, 0) is 29.8 Å². The molecule has 0 atom stereocenters. The van der Waals surface area contributed by atoms with Crippen LogP contribution in [0.4, 0.5) is 17.6 Å². The van der Waals surface area contributed by atoms with Crippen molar-refractivity contribution in [1.29, 1.82) is 0 Å². The van der Waals surface area contributed by atoms with Crippen LogP contribution >= 0.6 is 0 Å². The van der Waals surface area contributed by atoms with Crippen molar-refractivity contribution in [3.05, 3.63) is 59.5 Å². The molecule has 130 valence electrons. The highest BCUT2D eigenvalue weighted by atomic mass is 19.4. The van der Waals surface area contributed by atoms with Crippen LogP contribution in [0.3, 0.4) is 0 Å². The van der Waals surface area contributed by atoms with Crippen LogP contribution in [0.15, 0.2) is 42.6 Å². The lowest BCUT2D eigenvalue weighted by Gasteiger charge is -2.11. The quantitative estimate of drug-likeness (QED) is 0.705. The number of hydrogen-bond acceptors (Lipinski definition) is 3. The minimum atomic E-state index is -5.01. The van der Waals surface area contributed by atoms with E-state index in [4.69, 9.17) is 0 Å². The van der Waals surface area contributed by atoms with Crippen molar-refractivity contribution in [2.24, 2.45) is 0 Å². The summed E-state index contributed by atoms with van der Waals surface area (Å²) in [6.45, 7) is 0.151. The highest BCUT2D eigenvalue weighted by molar-refractivity contribution is 5.94. The van der Waals surface area contributed by atoms with E-state index < -0.39 is 23.8 Å². The van der Waals surface area contributed by atoms with E-state index in [-0.39, 0.29) is 12.1 Å². The fourth-order valence-electron chi connectivity index (χ4n) is 2.31. The van der Waals surface area contributed by atoms with Crippen molar-refractivity contribution in [1.82, 2.24) is 15.5 Å². The van der Waals surface area contributed by atoms with Crippen LogP contribution in [0.2, 0.25) is 0 Å². The number of nitrogens with one attached hydrogen (secondary N) is 2. The van der Waals surface area contributed by atoms with E-state index in [1.807, 2.05) is 6.07 Å². The Bertz CT molecular complexity index is 921. The molecule has 3 rings (SSSR count). The summed E-state index contributed by atoms with van der Waals surface area (Å²) in [5.74, 6) is -2.90. The van der Waals surface area contributed by atoms with E-state index in [9.17, 15) is 22.4 Å². The number of aromatic amines is 1. The first-order valence-electron chi connectivity index (χ1n) is 7.08. The van der Waals surface area contributed by atoms with Crippen LogP contribution in [0.5, 0.6) is 5.75 Å². The molecule has 0 fully saturated rings. The van der Waals surface area contributed by atoms with Gasteiger partial charge < -0.3 is 10.1 Å². The number of alkyl halides is 3. The average Bonchev–Trinajstić information content (AvgIpc) is 3.02. The number of amides is 1. The Kier molecular flexibility index (Phi) is 4.30. The highest BCUT2D eigenvalue weighted by Gasteiger charge is 2.32. The minimum Gasteiger partial charge on any atom is -0.403 e. The number of nitrogens with zero attached hydrogens (tertiary/aromatic N) is 1. The molecule has 9 heteroatoms. The molecule has 0 saturated carbocycles. The predicted octanol–water partition coefficient (Wildman–Crippen LogP) is 3.53. The third-order valence-electron chi connectivity index (χ3n) is 3.43. The summed E-state index contributed by atoms with van der Waals surface area (Å²) in [6.07, 6.45) is -3.40. The maximum atomic E-state index is 13.7. The lowest BCUT2D eigenvalue weighted by Crippen LogP contribution is -2.23. The first-order chi connectivity index (χ1) is 11.8. The van der Waals surface area contributed by atoms with Gasteiger partial charge in [-0.25, -0.2) is 4.39 Å². The van der Waals surface area contributed by atoms with Crippen molar-refractivity contribution in [2.45, 2.75) is 12.9 Å². The van der Waals surface area contributed by atoms with Crippen LogP contribution in [0.25, 0.3) is 10.9 Å². The lowest BCUT2D eigenvalue weighted by molar-refractivity contribution is -0.275. The number of H-pyrrole nitrogens is 1. The number of fused-ring (bicyclic) bond motifs is 1. The highest BCUT2D eigenvalue weighted by Crippen LogP contribution is 2.26. The number of halogens is 4. The molecule has 25 heavy (non-hydrogen) atoms. The monoisotopic (exact) mass is 353 g/mol. The molecule has 0 spiro atoms. The van der Waals surface area contributed by atoms with Crippen molar-refractivity contribution in [3.8, 4) is 5.75 Å². The lowest BCUT2D eigenvalue weighted by atomic mass is 10.1. The van der Waals surface area contributed by atoms with E-state index in [2.05, 4.69) is 20.3 Å². The smallest absolute Gasteiger partial charge is 0.403 e. The van der Waals surface area contributed by atoms with Gasteiger partial charge in [0.2, 0.25) is 0 Å². The van der Waals surface area contributed by atoms with Gasteiger partial charge in [-0.1, -0.05) is 12.1 Å². The molecule has 0 unspecified atom stereocenters. The van der Waals surface area contributed by atoms with E-state index in [0.717, 1.165) is 28.6 Å². The molecule has 0 radical (unpaired) electrons. The molecule has 2 aromatic carbocycles. The van der Waals surface area contributed by atoms with E-state index in [1.165, 1.54) is 0 Å². The molecule has 0 aliphatic heterocycles. The van der Waals surface area contributed by atoms with Gasteiger partial charge in [0.05, 0.1) is 11.7 Å². The topological polar surface area (TPSA) is 67.0 Å². The normalized spacial score (nSPS) is 11.5. The molecule has 0 bridgehead atoms. The molecule has 0 aliphatic carbocycles. The zero-order valence-electron chi connectivity index (χ0n) is 12.5. The Morgan fingerprint density at radius 2 is 2.04 bits per heavy atom. The van der Waals surface area contributed by atoms with E-state index in [0.29, 0.717) is 6.07 Å². The van der Waals surface area contributed by atoms with Gasteiger partial charge in [0.1, 0.15) is 0 Å². The van der Waals surface area contributed by atoms with Crippen molar-refractivity contribution in [3.63, 3.8) is 0 Å². The van der Waals surface area contributed by atoms with Gasteiger partial charge in [-0.3, -0.25) is 9.89 Å². The second kappa shape index (κ2) is 6.42. The van der Waals surface area contributed by atoms with Gasteiger partial charge in [0.15, 0.2) is 11.6 Å². The summed E-state index contributed by atoms with van der Waals surface area (Å²) in [7, 11) is 0. The molecule has 0 aliphatic rings. The summed E-state index contributed by atoms with van der Waals surface area (Å²) in [4.78, 5) is 12.1. The Hall–Kier alpha value is -3.10. The van der Waals surface area contributed by atoms with Crippen molar-refractivity contribution >= 4 is 16.8 Å². The van der Waals surface area contributed by atoms with Crippen molar-refractivity contribution in [2.75, 3.05) is 0 Å². The standard InChI is InChI=1S/C16H11F4N3O2/c17-12-6-9(4-5-14(12)25-16(18,19)20)15(24)21-7-10-2-1-3-13-11(10)8-22-23-13/h1-6,8H,7H2,(H,21,24)(H,22,23). The fourth-order valence-corrected chi connectivity index (χ4v) is 2.31. The molecule has 1 heterocycles. The number of hydrogen-bond donors (Lipinski definition) is 2. The maximum Gasteiger partial charge on any atom is 0.573 e. The van der Waals surface area contributed by atoms with Crippen LogP contribution in [-0.4, -0.2) is 22.5 Å². The van der Waals surface area contributed by atoms with Gasteiger partial charge in [-0.2, -0.15) is 5.10 Å². The van der Waals surface area contributed by atoms with Crippen LogP contribution in [0, 0.1) is 5.82 Å². The Balaban J connectivity index is 1.71. The number of benzene rings is 2. The average molecular weight is 353 g/mol. The van der Waals surface area contributed by atoms with Crippen LogP contribution in [0.1, 0.15) is 15.9 Å². The zero-order valence-corrected chi connectivity index (χ0v) is 12.5. The Morgan fingerprint density at radius 1 is 1.24 bits per heavy atom. The minimum absolute atomic E-state index is 0.119. The molecule has 5 nitrogen and oxygen atoms in total. The van der Waals surface area contributed by atoms with Gasteiger partial charge in [0, 0.05) is 17.5 Å². The summed E-state index contributed by atoms with van der Waals surface area (Å²) >= 11 is 0. The number of carbonyl (C=O) groups is 1. The molecular formula is C16H11F4N3O2. The van der Waals surface area contributed by atoms with Gasteiger partial charge in [-0.15, -0.1) is 13.2 Å². The molecule has 1 amide bonds. The number of ether oxygens (including phenoxy) is 1. The number of aromatic nitrogens is 2. The van der Waals surface area contributed by atoms with Crippen molar-refractivity contribution < 1.29 is 27.1 Å². The number of carbonyl (C=O) groups excluding carboxylic acids is 1. The van der Waals surface area contributed by atoms with E-state index in [1.54, 1.807) is 18.3 Å². The molecule has 1 aromatic heterocycles. The second-order valence-corrected chi connectivity index (χ2v) is 5.12. The molecule has 3 aromatic rings. The Labute approximate surface area is 138 Å². The number of rotatable bonds is 4. The van der Waals surface area contributed by atoms with Crippen LogP contribution < -0.4 is 10.1 Å². The largest absolute Gasteiger partial charge is 0.573 e. The molecular weight excluding hydrogens is 342 g/mol. The summed E-state index contributed by atoms with van der Waals surface area (Å²) in [5.41, 5.74) is 1.47. The zero-order chi connectivity index (χ0) is 18.0. The SMILES string of the molecule is O=C(NCc1cccc2[nH]ncc12)c1ccc(OC(F)(F)F)c(F)c1. The maximum absolute atomic E-state index is 13.7. The van der Waals surface area contributed by atoms with E-state index >= 15 is 0 Å². The van der Waals surface area contributed by atoms with Gasteiger partial charge >= 0.3 is 6.36 Å². The third-order valence-corrected chi connectivity index (χ3v) is 3.43. The molecule has 2 N–H and O–H groups in total. The third kappa shape index (κ3) is 3.87. The summed E-state index contributed by atoms with van der Waals surface area (Å²) < 4.78 is 53.5. The first-order valence-corrected chi connectivity index (χ1v) is 7.08. The second-order valence-electron chi connectivity index (χ2n) is 5.12. The Morgan fingerprint density at radius 3 is 2.76 bits per heavy atom.